The number of piperidine rings is 1. The van der Waals surface area contributed by atoms with Crippen LogP contribution >= 0.6 is 0 Å². The van der Waals surface area contributed by atoms with Gasteiger partial charge in [-0.05, 0) is 35.6 Å². The number of likely N-dealkylation sites (tertiary alicyclic amines) is 1. The van der Waals surface area contributed by atoms with Gasteiger partial charge in [-0.25, -0.2) is 0 Å². The number of aromatic nitrogens is 1. The first-order valence-electron chi connectivity index (χ1n) is 10.7. The number of pyridine rings is 1. The molecule has 33 heavy (non-hydrogen) atoms. The highest BCUT2D eigenvalue weighted by Gasteiger charge is 2.33. The van der Waals surface area contributed by atoms with Crippen molar-refractivity contribution in [2.75, 3.05) is 25.5 Å². The first-order valence-corrected chi connectivity index (χ1v) is 10.7. The fourth-order valence-electron chi connectivity index (χ4n) is 4.49. The molecule has 2 unspecified atom stereocenters. The third kappa shape index (κ3) is 5.44. The van der Waals surface area contributed by atoms with E-state index in [9.17, 15) is 22.8 Å². The zero-order valence-corrected chi connectivity index (χ0v) is 18.4. The number of benzene rings is 1. The molecule has 0 saturated carbocycles. The summed E-state index contributed by atoms with van der Waals surface area (Å²) in [5.41, 5.74) is 2.66. The number of amides is 2. The Morgan fingerprint density at radius 2 is 2.03 bits per heavy atom. The number of fused-ring (bicyclic) bond motifs is 1. The van der Waals surface area contributed by atoms with Gasteiger partial charge in [0.05, 0.1) is 18.1 Å². The van der Waals surface area contributed by atoms with E-state index >= 15 is 0 Å². The van der Waals surface area contributed by atoms with Crippen LogP contribution < -0.4 is 10.1 Å². The van der Waals surface area contributed by atoms with Gasteiger partial charge in [0.25, 0.3) is 5.91 Å². The van der Waals surface area contributed by atoms with Crippen LogP contribution in [0.2, 0.25) is 0 Å². The van der Waals surface area contributed by atoms with Crippen LogP contribution in [-0.4, -0.2) is 59.1 Å². The minimum absolute atomic E-state index is 0.0966. The minimum Gasteiger partial charge on any atom is -0.404 e. The van der Waals surface area contributed by atoms with E-state index in [0.717, 1.165) is 42.9 Å². The first kappa shape index (κ1) is 23.0. The number of hydrogen-bond acceptors (Lipinski definition) is 5. The molecule has 0 bridgehead atoms. The molecule has 2 amide bonds. The van der Waals surface area contributed by atoms with Gasteiger partial charge in [-0.3, -0.25) is 19.5 Å². The van der Waals surface area contributed by atoms with E-state index in [1.165, 1.54) is 6.20 Å². The van der Waals surface area contributed by atoms with Gasteiger partial charge in [0, 0.05) is 50.8 Å². The highest BCUT2D eigenvalue weighted by Crippen LogP contribution is 2.32. The summed E-state index contributed by atoms with van der Waals surface area (Å²) < 4.78 is 41.2. The lowest BCUT2D eigenvalue weighted by Gasteiger charge is -2.41. The molecule has 4 rings (SSSR count). The van der Waals surface area contributed by atoms with Gasteiger partial charge in [-0.1, -0.05) is 13.0 Å². The Balaban J connectivity index is 1.48. The molecule has 1 aromatic carbocycles. The number of carbonyl (C=O) groups is 2. The van der Waals surface area contributed by atoms with Crippen molar-refractivity contribution in [2.24, 2.45) is 0 Å². The number of rotatable bonds is 4. The van der Waals surface area contributed by atoms with Crippen LogP contribution in [0.15, 0.2) is 36.7 Å². The van der Waals surface area contributed by atoms with Crippen molar-refractivity contribution in [1.82, 2.24) is 14.8 Å². The van der Waals surface area contributed by atoms with Crippen LogP contribution in [0.3, 0.4) is 0 Å². The van der Waals surface area contributed by atoms with Gasteiger partial charge < -0.3 is 15.0 Å². The van der Waals surface area contributed by atoms with Crippen LogP contribution in [0.1, 0.15) is 47.2 Å². The molecule has 1 N–H and O–H groups in total. The Hall–Kier alpha value is -3.14. The quantitative estimate of drug-likeness (QED) is 0.749. The Morgan fingerprint density at radius 3 is 2.76 bits per heavy atom. The molecule has 0 spiro atoms. The summed E-state index contributed by atoms with van der Waals surface area (Å²) in [6.07, 6.45) is -1.27. The van der Waals surface area contributed by atoms with Crippen LogP contribution in [0.4, 0.5) is 18.9 Å². The molecular formula is C23H25F3N4O3. The van der Waals surface area contributed by atoms with Crippen molar-refractivity contribution in [3.05, 3.63) is 53.3 Å². The second kappa shape index (κ2) is 9.01. The van der Waals surface area contributed by atoms with Crippen molar-refractivity contribution in [3.63, 3.8) is 0 Å². The fraction of sp³-hybridized carbons (Fsp3) is 0.435. The summed E-state index contributed by atoms with van der Waals surface area (Å²) in [7, 11) is 1.82. The van der Waals surface area contributed by atoms with Gasteiger partial charge in [0.1, 0.15) is 5.75 Å². The summed E-state index contributed by atoms with van der Waals surface area (Å²) in [6, 6.07) is 6.69. The molecule has 1 saturated heterocycles. The molecule has 10 heteroatoms. The number of alkyl halides is 3. The maximum Gasteiger partial charge on any atom is 0.573 e. The maximum absolute atomic E-state index is 12.8. The van der Waals surface area contributed by atoms with Crippen molar-refractivity contribution < 1.29 is 27.5 Å². The molecule has 0 aliphatic carbocycles. The number of anilines is 1. The van der Waals surface area contributed by atoms with E-state index in [2.05, 4.69) is 26.9 Å². The monoisotopic (exact) mass is 462 g/mol. The summed E-state index contributed by atoms with van der Waals surface area (Å²) in [6.45, 7) is 4.34. The predicted octanol–water partition coefficient (Wildman–Crippen LogP) is 3.77. The highest BCUT2D eigenvalue weighted by molar-refractivity contribution is 6.04. The standard InChI is InChI=1S/C23H25F3N4O3/c1-14-12-30(18-5-6-29(2)21(31)9-18)13-16-7-15(3-4-20(14)16)22(32)28-17-8-19(11-27-10-17)33-23(24,25)26/h3-4,7-8,10-11,14,18H,5-6,9,12-13H2,1-2H3,(H,28,32). The summed E-state index contributed by atoms with van der Waals surface area (Å²) >= 11 is 0. The smallest absolute Gasteiger partial charge is 0.404 e. The lowest BCUT2D eigenvalue weighted by Crippen LogP contribution is -2.48. The molecule has 2 aliphatic heterocycles. The Morgan fingerprint density at radius 1 is 1.24 bits per heavy atom. The highest BCUT2D eigenvalue weighted by atomic mass is 19.4. The SMILES string of the molecule is CC1CN(C2CCN(C)C(=O)C2)Cc2cc(C(=O)Nc3cncc(OC(F)(F)F)c3)ccc21. The minimum atomic E-state index is -4.84. The van der Waals surface area contributed by atoms with Crippen molar-refractivity contribution in [1.29, 1.82) is 0 Å². The van der Waals surface area contributed by atoms with Crippen LogP contribution in [0.25, 0.3) is 0 Å². The molecule has 0 radical (unpaired) electrons. The number of nitrogens with one attached hydrogen (secondary N) is 1. The van der Waals surface area contributed by atoms with Crippen LogP contribution in [0, 0.1) is 0 Å². The van der Waals surface area contributed by atoms with E-state index in [4.69, 9.17) is 0 Å². The Kier molecular flexibility index (Phi) is 6.29. The molecule has 3 heterocycles. The molecule has 1 fully saturated rings. The number of nitrogens with zero attached hydrogens (tertiary/aromatic N) is 3. The molecular weight excluding hydrogens is 437 g/mol. The van der Waals surface area contributed by atoms with Crippen LogP contribution in [-0.2, 0) is 11.3 Å². The normalized spacial score (nSPS) is 21.5. The van der Waals surface area contributed by atoms with Crippen molar-refractivity contribution >= 4 is 17.5 Å². The third-order valence-electron chi connectivity index (χ3n) is 6.17. The number of ether oxygens (including phenoxy) is 1. The fourth-order valence-corrected chi connectivity index (χ4v) is 4.49. The maximum atomic E-state index is 12.8. The van der Waals surface area contributed by atoms with Crippen LogP contribution in [0.5, 0.6) is 5.75 Å². The average molecular weight is 462 g/mol. The van der Waals surface area contributed by atoms with E-state index < -0.39 is 18.0 Å². The number of hydrogen-bond donors (Lipinski definition) is 1. The average Bonchev–Trinajstić information content (AvgIpc) is 2.74. The number of carbonyl (C=O) groups excluding carboxylic acids is 2. The molecule has 2 atom stereocenters. The largest absolute Gasteiger partial charge is 0.573 e. The molecule has 176 valence electrons. The topological polar surface area (TPSA) is 74.8 Å². The lowest BCUT2D eigenvalue weighted by atomic mass is 9.87. The first-order chi connectivity index (χ1) is 15.6. The van der Waals surface area contributed by atoms with Gasteiger partial charge in [0.15, 0.2) is 0 Å². The van der Waals surface area contributed by atoms with E-state index in [1.54, 1.807) is 11.0 Å². The second-order valence-electron chi connectivity index (χ2n) is 8.62. The zero-order chi connectivity index (χ0) is 23.8. The Labute approximate surface area is 189 Å². The van der Waals surface area contributed by atoms with Gasteiger partial charge in [-0.2, -0.15) is 0 Å². The van der Waals surface area contributed by atoms with Gasteiger partial charge in [0.2, 0.25) is 5.91 Å². The molecule has 2 aromatic rings. The predicted molar refractivity (Wildman–Crippen MR) is 115 cm³/mol. The third-order valence-corrected chi connectivity index (χ3v) is 6.17. The van der Waals surface area contributed by atoms with E-state index in [-0.39, 0.29) is 23.6 Å². The summed E-state index contributed by atoms with van der Waals surface area (Å²) in [5.74, 6) is -0.574. The lowest BCUT2D eigenvalue weighted by molar-refractivity contribution is -0.274. The van der Waals surface area contributed by atoms with Gasteiger partial charge in [-0.15, -0.1) is 13.2 Å². The summed E-state index contributed by atoms with van der Waals surface area (Å²) in [5, 5.41) is 2.58. The Bertz CT molecular complexity index is 1060. The zero-order valence-electron chi connectivity index (χ0n) is 18.4. The van der Waals surface area contributed by atoms with Gasteiger partial charge >= 0.3 is 6.36 Å². The summed E-state index contributed by atoms with van der Waals surface area (Å²) in [4.78, 5) is 32.7. The van der Waals surface area contributed by atoms with Crippen molar-refractivity contribution in [3.8, 4) is 5.75 Å². The number of halogens is 3. The van der Waals surface area contributed by atoms with E-state index in [0.29, 0.717) is 18.5 Å². The molecule has 1 aromatic heterocycles. The van der Waals surface area contributed by atoms with Crippen molar-refractivity contribution in [2.45, 2.75) is 44.6 Å². The molecule has 2 aliphatic rings. The second-order valence-corrected chi connectivity index (χ2v) is 8.62. The van der Waals surface area contributed by atoms with E-state index in [1.807, 2.05) is 19.2 Å². The molecule has 7 nitrogen and oxygen atoms in total.